The zero-order chi connectivity index (χ0) is 24.2. The molecule has 3 heterocycles. The second kappa shape index (κ2) is 8.34. The highest BCUT2D eigenvalue weighted by Crippen LogP contribution is 2.40. The number of carbonyl (C=O) groups is 2. The van der Waals surface area contributed by atoms with Crippen molar-refractivity contribution in [2.45, 2.75) is 50.7 Å². The minimum absolute atomic E-state index is 0.0367. The van der Waals surface area contributed by atoms with E-state index in [1.165, 1.54) is 11.1 Å². The first-order chi connectivity index (χ1) is 17.0. The number of likely N-dealkylation sites (tertiary alicyclic amines) is 1. The van der Waals surface area contributed by atoms with Gasteiger partial charge in [-0.3, -0.25) is 19.4 Å². The smallest absolute Gasteiger partial charge is 0.322 e. The van der Waals surface area contributed by atoms with Gasteiger partial charge >= 0.3 is 6.03 Å². The van der Waals surface area contributed by atoms with Crippen LogP contribution in [0, 0.1) is 0 Å². The van der Waals surface area contributed by atoms with E-state index in [1.54, 1.807) is 9.80 Å². The van der Waals surface area contributed by atoms with E-state index in [0.29, 0.717) is 39.0 Å². The lowest BCUT2D eigenvalue weighted by Crippen LogP contribution is -2.56. The van der Waals surface area contributed by atoms with E-state index in [-0.39, 0.29) is 23.5 Å². The number of amides is 3. The molecule has 3 aliphatic rings. The van der Waals surface area contributed by atoms with Crippen LogP contribution in [0.1, 0.15) is 36.5 Å². The van der Waals surface area contributed by atoms with E-state index >= 15 is 0 Å². The van der Waals surface area contributed by atoms with Crippen LogP contribution in [-0.4, -0.2) is 62.8 Å². The summed E-state index contributed by atoms with van der Waals surface area (Å²) < 4.78 is 0. The summed E-state index contributed by atoms with van der Waals surface area (Å²) in [4.78, 5) is 48.5. The SMILES string of the molecule is CCN1C(=O)N(C2Cc3ccccc3C2)C(=O)C12CCN(Cc1cc3ccccc3[nH]c1=O)CC2. The third kappa shape index (κ3) is 3.48. The Hall–Kier alpha value is -3.45. The maximum atomic E-state index is 13.9. The molecule has 1 N–H and O–H groups in total. The summed E-state index contributed by atoms with van der Waals surface area (Å²) in [5, 5.41) is 1.01. The molecule has 2 aromatic carbocycles. The Balaban J connectivity index is 1.20. The van der Waals surface area contributed by atoms with Gasteiger partial charge in [0.2, 0.25) is 0 Å². The molecule has 180 valence electrons. The first-order valence-electron chi connectivity index (χ1n) is 12.6. The topological polar surface area (TPSA) is 76.7 Å². The molecule has 7 heteroatoms. The Kier molecular flexibility index (Phi) is 5.25. The molecule has 1 aliphatic carbocycles. The summed E-state index contributed by atoms with van der Waals surface area (Å²) in [6, 6.07) is 17.7. The number of nitrogens with one attached hydrogen (secondary N) is 1. The lowest BCUT2D eigenvalue weighted by Gasteiger charge is -2.41. The minimum Gasteiger partial charge on any atom is -0.322 e. The van der Waals surface area contributed by atoms with Crippen molar-refractivity contribution in [3.05, 3.63) is 81.6 Å². The lowest BCUT2D eigenvalue weighted by molar-refractivity contribution is -0.137. The number of aromatic nitrogens is 1. The zero-order valence-corrected chi connectivity index (χ0v) is 20.0. The molecule has 0 unspecified atom stereocenters. The number of imide groups is 1. The molecule has 2 fully saturated rings. The van der Waals surface area contributed by atoms with Gasteiger partial charge in [-0.05, 0) is 61.3 Å². The number of hydrogen-bond donors (Lipinski definition) is 1. The number of likely N-dealkylation sites (N-methyl/N-ethyl adjacent to an activating group) is 1. The van der Waals surface area contributed by atoms with Crippen molar-refractivity contribution >= 4 is 22.8 Å². The molecule has 6 rings (SSSR count). The normalized spacial score (nSPS) is 20.4. The van der Waals surface area contributed by atoms with Gasteiger partial charge in [-0.2, -0.15) is 0 Å². The molecular formula is C28H30N4O3. The van der Waals surface area contributed by atoms with Gasteiger partial charge in [0.1, 0.15) is 5.54 Å². The fraction of sp³-hybridized carbons (Fsp3) is 0.393. The molecule has 0 atom stereocenters. The van der Waals surface area contributed by atoms with Gasteiger partial charge in [-0.25, -0.2) is 4.79 Å². The molecule has 1 aromatic heterocycles. The molecular weight excluding hydrogens is 440 g/mol. The van der Waals surface area contributed by atoms with E-state index in [1.807, 2.05) is 49.4 Å². The summed E-state index contributed by atoms with van der Waals surface area (Å²) in [7, 11) is 0. The molecule has 7 nitrogen and oxygen atoms in total. The minimum atomic E-state index is -0.771. The van der Waals surface area contributed by atoms with E-state index in [2.05, 4.69) is 22.0 Å². The van der Waals surface area contributed by atoms with Crippen LogP contribution in [0.25, 0.3) is 10.9 Å². The Morgan fingerprint density at radius 3 is 2.29 bits per heavy atom. The first kappa shape index (κ1) is 22.0. The molecule has 0 radical (unpaired) electrons. The van der Waals surface area contributed by atoms with Gasteiger partial charge in [0.25, 0.3) is 11.5 Å². The van der Waals surface area contributed by atoms with Crippen molar-refractivity contribution < 1.29 is 9.59 Å². The Morgan fingerprint density at radius 1 is 0.943 bits per heavy atom. The number of pyridine rings is 1. The van der Waals surface area contributed by atoms with Crippen LogP contribution in [0.5, 0.6) is 0 Å². The molecule has 0 saturated carbocycles. The van der Waals surface area contributed by atoms with Crippen LogP contribution in [0.3, 0.4) is 0 Å². The van der Waals surface area contributed by atoms with Crippen LogP contribution in [0.4, 0.5) is 4.79 Å². The van der Waals surface area contributed by atoms with E-state index < -0.39 is 5.54 Å². The standard InChI is InChI=1S/C28H30N4O3/c1-2-31-27(35)32(23-16-19-7-3-4-8-20(19)17-23)26(34)28(31)11-13-30(14-12-28)18-22-15-21-9-5-6-10-24(21)29-25(22)33/h3-10,15,23H,2,11-14,16-18H2,1H3,(H,29,33). The van der Waals surface area contributed by atoms with Gasteiger partial charge in [-0.15, -0.1) is 0 Å². The molecule has 2 aliphatic heterocycles. The summed E-state index contributed by atoms with van der Waals surface area (Å²) in [5.41, 5.74) is 3.19. The number of urea groups is 1. The monoisotopic (exact) mass is 470 g/mol. The average molecular weight is 471 g/mol. The Labute approximate surface area is 204 Å². The lowest BCUT2D eigenvalue weighted by atomic mass is 9.85. The number of aromatic amines is 1. The van der Waals surface area contributed by atoms with E-state index in [9.17, 15) is 14.4 Å². The van der Waals surface area contributed by atoms with Gasteiger partial charge in [0, 0.05) is 43.3 Å². The molecule has 1 spiro atoms. The van der Waals surface area contributed by atoms with Crippen molar-refractivity contribution in [1.82, 2.24) is 19.7 Å². The van der Waals surface area contributed by atoms with Crippen LogP contribution in [-0.2, 0) is 24.2 Å². The molecule has 2 saturated heterocycles. The second-order valence-electron chi connectivity index (χ2n) is 10.1. The van der Waals surface area contributed by atoms with E-state index in [4.69, 9.17) is 0 Å². The van der Waals surface area contributed by atoms with Gasteiger partial charge in [0.05, 0.1) is 0 Å². The number of nitrogens with zero attached hydrogens (tertiary/aromatic N) is 3. The number of rotatable bonds is 4. The first-order valence-corrected chi connectivity index (χ1v) is 12.6. The predicted octanol–water partition coefficient (Wildman–Crippen LogP) is 3.31. The highest BCUT2D eigenvalue weighted by Gasteiger charge is 2.59. The highest BCUT2D eigenvalue weighted by molar-refractivity contribution is 6.07. The largest absolute Gasteiger partial charge is 0.327 e. The Morgan fingerprint density at radius 2 is 1.60 bits per heavy atom. The van der Waals surface area contributed by atoms with Crippen LogP contribution in [0.2, 0.25) is 0 Å². The number of para-hydroxylation sites is 1. The number of piperidine rings is 1. The van der Waals surface area contributed by atoms with Gasteiger partial charge in [-0.1, -0.05) is 42.5 Å². The average Bonchev–Trinajstić information content (AvgIpc) is 3.37. The van der Waals surface area contributed by atoms with E-state index in [0.717, 1.165) is 29.3 Å². The molecule has 0 bridgehead atoms. The quantitative estimate of drug-likeness (QED) is 0.594. The van der Waals surface area contributed by atoms with Crippen molar-refractivity contribution in [2.24, 2.45) is 0 Å². The van der Waals surface area contributed by atoms with Crippen molar-refractivity contribution in [3.63, 3.8) is 0 Å². The zero-order valence-electron chi connectivity index (χ0n) is 20.0. The number of fused-ring (bicyclic) bond motifs is 2. The van der Waals surface area contributed by atoms with Crippen molar-refractivity contribution in [3.8, 4) is 0 Å². The summed E-state index contributed by atoms with van der Waals surface area (Å²) in [5.74, 6) is -0.0367. The fourth-order valence-corrected chi connectivity index (χ4v) is 6.33. The third-order valence-electron chi connectivity index (χ3n) is 8.19. The van der Waals surface area contributed by atoms with Crippen LogP contribution in [0.15, 0.2) is 59.4 Å². The Bertz CT molecular complexity index is 1350. The fourth-order valence-electron chi connectivity index (χ4n) is 6.33. The van der Waals surface area contributed by atoms with Gasteiger partial charge < -0.3 is 9.88 Å². The van der Waals surface area contributed by atoms with Crippen LogP contribution >= 0.6 is 0 Å². The number of hydrogen-bond acceptors (Lipinski definition) is 4. The molecule has 3 aromatic rings. The third-order valence-corrected chi connectivity index (χ3v) is 8.19. The summed E-state index contributed by atoms with van der Waals surface area (Å²) >= 11 is 0. The maximum Gasteiger partial charge on any atom is 0.327 e. The van der Waals surface area contributed by atoms with Crippen molar-refractivity contribution in [2.75, 3.05) is 19.6 Å². The summed E-state index contributed by atoms with van der Waals surface area (Å²) in [6.45, 7) is 4.35. The molecule has 3 amide bonds. The maximum absolute atomic E-state index is 13.9. The second-order valence-corrected chi connectivity index (χ2v) is 10.1. The van der Waals surface area contributed by atoms with Crippen molar-refractivity contribution in [1.29, 1.82) is 0 Å². The highest BCUT2D eigenvalue weighted by atomic mass is 16.2. The summed E-state index contributed by atoms with van der Waals surface area (Å²) in [6.07, 6.45) is 2.65. The number of benzene rings is 2. The number of H-pyrrole nitrogens is 1. The predicted molar refractivity (Wildman–Crippen MR) is 134 cm³/mol. The van der Waals surface area contributed by atoms with Gasteiger partial charge in [0.15, 0.2) is 0 Å². The number of carbonyl (C=O) groups excluding carboxylic acids is 2. The molecule has 35 heavy (non-hydrogen) atoms. The van der Waals surface area contributed by atoms with Crippen LogP contribution < -0.4 is 5.56 Å².